The van der Waals surface area contributed by atoms with Gasteiger partial charge in [0.25, 0.3) is 0 Å². The first-order valence-corrected chi connectivity index (χ1v) is 3.39. The summed E-state index contributed by atoms with van der Waals surface area (Å²) in [6.07, 6.45) is 0. The Labute approximate surface area is 74.8 Å². The second kappa shape index (κ2) is 4.19. The summed E-state index contributed by atoms with van der Waals surface area (Å²) < 4.78 is 24.7. The van der Waals surface area contributed by atoms with Crippen molar-refractivity contribution in [3.63, 3.8) is 0 Å². The third kappa shape index (κ3) is 2.13. The van der Waals surface area contributed by atoms with Gasteiger partial charge < -0.3 is 0 Å². The molecule has 0 radical (unpaired) electrons. The van der Waals surface area contributed by atoms with E-state index in [-0.39, 0.29) is 13.5 Å². The lowest BCUT2D eigenvalue weighted by atomic mass is 10.3. The summed E-state index contributed by atoms with van der Waals surface area (Å²) in [6, 6.07) is 3.79. The molecule has 1 rings (SSSR count). The van der Waals surface area contributed by atoms with Crippen LogP contribution in [0.5, 0.6) is 0 Å². The SMILES string of the molecule is Fc1cccc(F)c1I.P. The fourth-order valence-electron chi connectivity index (χ4n) is 0.477. The Hall–Kier alpha value is 0.240. The Morgan fingerprint density at radius 1 is 1.10 bits per heavy atom. The first-order valence-electron chi connectivity index (χ1n) is 2.31. The number of benzene rings is 1. The Kier molecular flexibility index (Phi) is 4.29. The molecule has 0 aliphatic rings. The van der Waals surface area contributed by atoms with Gasteiger partial charge in [0.15, 0.2) is 0 Å². The summed E-state index contributed by atoms with van der Waals surface area (Å²) >= 11 is 1.62. The Morgan fingerprint density at radius 2 is 1.50 bits per heavy atom. The monoisotopic (exact) mass is 274 g/mol. The lowest BCUT2D eigenvalue weighted by Crippen LogP contribution is -1.84. The summed E-state index contributed by atoms with van der Waals surface area (Å²) in [5, 5.41) is 0. The summed E-state index contributed by atoms with van der Waals surface area (Å²) in [5.74, 6) is -1.01. The van der Waals surface area contributed by atoms with Crippen LogP contribution in [0.3, 0.4) is 0 Å². The van der Waals surface area contributed by atoms with Gasteiger partial charge in [0.2, 0.25) is 0 Å². The van der Waals surface area contributed by atoms with Crippen molar-refractivity contribution in [1.29, 1.82) is 0 Å². The lowest BCUT2D eigenvalue weighted by Gasteiger charge is -1.92. The number of rotatable bonds is 0. The highest BCUT2D eigenvalue weighted by atomic mass is 127. The van der Waals surface area contributed by atoms with Gasteiger partial charge in [0.1, 0.15) is 11.6 Å². The van der Waals surface area contributed by atoms with Crippen LogP contribution in [-0.4, -0.2) is 0 Å². The van der Waals surface area contributed by atoms with Gasteiger partial charge in [0, 0.05) is 0 Å². The normalized spacial score (nSPS) is 8.70. The van der Waals surface area contributed by atoms with Crippen molar-refractivity contribution in [1.82, 2.24) is 0 Å². The molecule has 4 heteroatoms. The van der Waals surface area contributed by atoms with Crippen molar-refractivity contribution in [3.8, 4) is 0 Å². The maximum Gasteiger partial charge on any atom is 0.139 e. The van der Waals surface area contributed by atoms with Gasteiger partial charge in [-0.1, -0.05) is 6.07 Å². The number of hydrogen-bond acceptors (Lipinski definition) is 0. The fourth-order valence-corrected chi connectivity index (χ4v) is 0.837. The fraction of sp³-hybridized carbons (Fsp3) is 0. The minimum atomic E-state index is -0.504. The van der Waals surface area contributed by atoms with Gasteiger partial charge in [-0.3, -0.25) is 0 Å². The van der Waals surface area contributed by atoms with Crippen molar-refractivity contribution in [2.24, 2.45) is 0 Å². The van der Waals surface area contributed by atoms with Crippen molar-refractivity contribution in [3.05, 3.63) is 33.4 Å². The van der Waals surface area contributed by atoms with E-state index in [1.807, 2.05) is 0 Å². The molecule has 0 saturated heterocycles. The largest absolute Gasteiger partial charge is 0.206 e. The van der Waals surface area contributed by atoms with Gasteiger partial charge in [0.05, 0.1) is 3.57 Å². The topological polar surface area (TPSA) is 0 Å². The molecule has 1 atom stereocenters. The molecule has 0 fully saturated rings. The van der Waals surface area contributed by atoms with Crippen LogP contribution in [0.4, 0.5) is 8.78 Å². The molecule has 0 spiro atoms. The molecule has 0 aromatic heterocycles. The van der Waals surface area contributed by atoms with Crippen LogP contribution >= 0.6 is 32.5 Å². The first-order chi connectivity index (χ1) is 4.22. The molecule has 10 heavy (non-hydrogen) atoms. The summed E-state index contributed by atoms with van der Waals surface area (Å²) in [4.78, 5) is 0. The summed E-state index contributed by atoms with van der Waals surface area (Å²) in [7, 11) is 0. The summed E-state index contributed by atoms with van der Waals surface area (Å²) in [6.45, 7) is 0. The molecule has 1 aromatic rings. The second-order valence-electron chi connectivity index (χ2n) is 1.54. The quantitative estimate of drug-likeness (QED) is 0.387. The molecule has 0 aliphatic carbocycles. The Balaban J connectivity index is 0.000000810. The minimum Gasteiger partial charge on any atom is -0.206 e. The highest BCUT2D eigenvalue weighted by Crippen LogP contribution is 2.13. The van der Waals surface area contributed by atoms with Crippen LogP contribution in [0.25, 0.3) is 0 Å². The standard InChI is InChI=1S/C6H3F2I.H3P/c7-4-2-1-3-5(8)6(4)9;/h1-3H;1H3. The van der Waals surface area contributed by atoms with E-state index in [9.17, 15) is 8.78 Å². The van der Waals surface area contributed by atoms with Crippen molar-refractivity contribution < 1.29 is 8.78 Å². The molecule has 0 nitrogen and oxygen atoms in total. The average molecular weight is 274 g/mol. The van der Waals surface area contributed by atoms with E-state index in [1.165, 1.54) is 18.2 Å². The van der Waals surface area contributed by atoms with Gasteiger partial charge in [-0.2, -0.15) is 9.90 Å². The Bertz CT molecular complexity index is 207. The van der Waals surface area contributed by atoms with E-state index < -0.39 is 11.6 Å². The molecular weight excluding hydrogens is 268 g/mol. The average Bonchev–Trinajstić information content (AvgIpc) is 1.83. The molecule has 1 aromatic carbocycles. The van der Waals surface area contributed by atoms with Crippen molar-refractivity contribution in [2.75, 3.05) is 0 Å². The zero-order chi connectivity index (χ0) is 6.85. The van der Waals surface area contributed by atoms with Gasteiger partial charge in [-0.25, -0.2) is 8.78 Å². The van der Waals surface area contributed by atoms with E-state index in [0.717, 1.165) is 0 Å². The predicted octanol–water partition coefficient (Wildman–Crippen LogP) is 2.63. The lowest BCUT2D eigenvalue weighted by molar-refractivity contribution is 0.570. The molecule has 0 bridgehead atoms. The van der Waals surface area contributed by atoms with Crippen LogP contribution in [0.15, 0.2) is 18.2 Å². The van der Waals surface area contributed by atoms with Gasteiger partial charge in [-0.15, -0.1) is 0 Å². The molecule has 56 valence electrons. The molecule has 1 unspecified atom stereocenters. The van der Waals surface area contributed by atoms with E-state index in [1.54, 1.807) is 22.6 Å². The zero-order valence-electron chi connectivity index (χ0n) is 5.07. The summed E-state index contributed by atoms with van der Waals surface area (Å²) in [5.41, 5.74) is 0. The zero-order valence-corrected chi connectivity index (χ0v) is 8.64. The Morgan fingerprint density at radius 3 is 1.80 bits per heavy atom. The maximum absolute atomic E-state index is 12.3. The molecule has 0 aliphatic heterocycles. The third-order valence-electron chi connectivity index (χ3n) is 0.904. The predicted molar refractivity (Wildman–Crippen MR) is 50.2 cm³/mol. The highest BCUT2D eigenvalue weighted by molar-refractivity contribution is 14.1. The maximum atomic E-state index is 12.3. The second-order valence-corrected chi connectivity index (χ2v) is 2.61. The molecule has 0 saturated carbocycles. The van der Waals surface area contributed by atoms with Crippen LogP contribution in [0, 0.1) is 15.2 Å². The molecule has 0 amide bonds. The van der Waals surface area contributed by atoms with Crippen LogP contribution in [-0.2, 0) is 0 Å². The van der Waals surface area contributed by atoms with Gasteiger partial charge >= 0.3 is 0 Å². The van der Waals surface area contributed by atoms with E-state index >= 15 is 0 Å². The molecule has 0 N–H and O–H groups in total. The van der Waals surface area contributed by atoms with E-state index in [0.29, 0.717) is 0 Å². The third-order valence-corrected chi connectivity index (χ3v) is 1.94. The number of hydrogen-bond donors (Lipinski definition) is 0. The van der Waals surface area contributed by atoms with Crippen LogP contribution < -0.4 is 0 Å². The first kappa shape index (κ1) is 10.2. The molecule has 0 heterocycles. The van der Waals surface area contributed by atoms with Crippen molar-refractivity contribution >= 4 is 32.5 Å². The van der Waals surface area contributed by atoms with E-state index in [2.05, 4.69) is 0 Å². The molecular formula is C6H6F2IP. The van der Waals surface area contributed by atoms with Crippen LogP contribution in [0.2, 0.25) is 0 Å². The van der Waals surface area contributed by atoms with Gasteiger partial charge in [-0.05, 0) is 34.7 Å². The van der Waals surface area contributed by atoms with E-state index in [4.69, 9.17) is 0 Å². The minimum absolute atomic E-state index is 0. The number of halogens is 3. The van der Waals surface area contributed by atoms with Crippen LogP contribution in [0.1, 0.15) is 0 Å². The van der Waals surface area contributed by atoms with Crippen molar-refractivity contribution in [2.45, 2.75) is 0 Å². The highest BCUT2D eigenvalue weighted by Gasteiger charge is 2.01. The smallest absolute Gasteiger partial charge is 0.139 e.